The lowest BCUT2D eigenvalue weighted by molar-refractivity contribution is -0.146. The van der Waals surface area contributed by atoms with Crippen LogP contribution in [0.5, 0.6) is 5.75 Å². The van der Waals surface area contributed by atoms with Gasteiger partial charge >= 0.3 is 5.97 Å². The number of nitrogens with zero attached hydrogens (tertiary/aromatic N) is 5. The molecule has 35 heavy (non-hydrogen) atoms. The Labute approximate surface area is 203 Å². The molecule has 1 saturated heterocycles. The van der Waals surface area contributed by atoms with Crippen LogP contribution in [0, 0.1) is 0 Å². The molecule has 1 aromatic heterocycles. The number of aromatic nitrogens is 4. The molecular weight excluding hydrogens is 452 g/mol. The fourth-order valence-corrected chi connectivity index (χ4v) is 4.78. The molecule has 186 valence electrons. The second-order valence-electron chi connectivity index (χ2n) is 9.03. The third-order valence-electron chi connectivity index (χ3n) is 6.68. The van der Waals surface area contributed by atoms with Gasteiger partial charge in [-0.1, -0.05) is 23.7 Å². The molecule has 0 spiro atoms. The maximum absolute atomic E-state index is 13.3. The Morgan fingerprint density at radius 3 is 2.60 bits per heavy atom. The normalized spacial score (nSPS) is 20.7. The minimum atomic E-state index is -0.540. The van der Waals surface area contributed by atoms with Crippen LogP contribution in [-0.2, 0) is 19.1 Å². The molecule has 0 radical (unpaired) electrons. The van der Waals surface area contributed by atoms with Crippen LogP contribution in [0.4, 0.5) is 5.95 Å². The summed E-state index contributed by atoms with van der Waals surface area (Å²) in [6.07, 6.45) is 5.05. The molecule has 3 heterocycles. The Bertz CT molecular complexity index is 1090. The summed E-state index contributed by atoms with van der Waals surface area (Å²) in [6, 6.07) is 6.75. The number of tetrazole rings is 1. The van der Waals surface area contributed by atoms with E-state index in [4.69, 9.17) is 14.2 Å². The lowest BCUT2D eigenvalue weighted by atomic mass is 9.95. The molecule has 5 rings (SSSR count). The molecule has 1 atom stereocenters. The monoisotopic (exact) mass is 482 g/mol. The highest BCUT2D eigenvalue weighted by molar-refractivity contribution is 5.92. The number of anilines is 1. The van der Waals surface area contributed by atoms with E-state index in [1.54, 1.807) is 21.7 Å². The van der Waals surface area contributed by atoms with Crippen molar-refractivity contribution in [2.45, 2.75) is 51.2 Å². The average Bonchev–Trinajstić information content (AvgIpc) is 3.36. The van der Waals surface area contributed by atoms with Crippen molar-refractivity contribution in [3.8, 4) is 5.75 Å². The van der Waals surface area contributed by atoms with E-state index in [1.807, 2.05) is 19.1 Å². The summed E-state index contributed by atoms with van der Waals surface area (Å²) < 4.78 is 18.5. The molecule has 2 aromatic rings. The molecule has 3 aliphatic rings. The van der Waals surface area contributed by atoms with Crippen LogP contribution in [0.1, 0.15) is 50.6 Å². The number of hydrogen-bond acceptors (Lipinski definition) is 9. The van der Waals surface area contributed by atoms with Gasteiger partial charge in [0.2, 0.25) is 5.95 Å². The second kappa shape index (κ2) is 10.4. The maximum atomic E-state index is 13.3. The van der Waals surface area contributed by atoms with E-state index in [0.29, 0.717) is 49.3 Å². The number of nitrogens with one attached hydrogen (secondary N) is 1. The van der Waals surface area contributed by atoms with Crippen LogP contribution in [0.25, 0.3) is 0 Å². The molecule has 1 saturated carbocycles. The van der Waals surface area contributed by atoms with Gasteiger partial charge in [0, 0.05) is 18.8 Å². The number of amides is 1. The van der Waals surface area contributed by atoms with Crippen LogP contribution in [-0.4, -0.2) is 76.0 Å². The highest BCUT2D eigenvalue weighted by Gasteiger charge is 2.36. The maximum Gasteiger partial charge on any atom is 0.338 e. The highest BCUT2D eigenvalue weighted by Crippen LogP contribution is 2.36. The Kier molecular flexibility index (Phi) is 6.94. The summed E-state index contributed by atoms with van der Waals surface area (Å²) in [7, 11) is 0. The van der Waals surface area contributed by atoms with E-state index in [0.717, 1.165) is 31.2 Å². The Morgan fingerprint density at radius 2 is 1.86 bits per heavy atom. The number of carbonyl (C=O) groups is 2. The predicted octanol–water partition coefficient (Wildman–Crippen LogP) is 2.08. The number of allylic oxidation sites excluding steroid dienone is 1. The van der Waals surface area contributed by atoms with Crippen molar-refractivity contribution >= 4 is 17.8 Å². The van der Waals surface area contributed by atoms with Gasteiger partial charge in [0.15, 0.2) is 6.61 Å². The Balaban J connectivity index is 1.32. The molecular formula is C24H30N6O5. The van der Waals surface area contributed by atoms with Crippen molar-refractivity contribution < 1.29 is 23.8 Å². The van der Waals surface area contributed by atoms with Crippen molar-refractivity contribution in [1.82, 2.24) is 25.1 Å². The number of hydrogen-bond donors (Lipinski definition) is 1. The zero-order valence-corrected chi connectivity index (χ0v) is 19.8. The van der Waals surface area contributed by atoms with Gasteiger partial charge in [0.05, 0.1) is 18.8 Å². The molecule has 1 N–H and O–H groups in total. The number of rotatable bonds is 6. The number of morpholine rings is 1. The number of benzene rings is 1. The molecule has 2 fully saturated rings. The zero-order chi connectivity index (χ0) is 24.2. The van der Waals surface area contributed by atoms with Gasteiger partial charge in [-0.15, -0.1) is 0 Å². The number of esters is 1. The first-order chi connectivity index (χ1) is 17.1. The Hall–Kier alpha value is -3.47. The van der Waals surface area contributed by atoms with Gasteiger partial charge in [-0.05, 0) is 60.7 Å². The SMILES string of the molecule is CC1=C(C(=O)OC2CCCCC2)C(c2ccc(OCC(=O)N3CCOCC3)cc2)n2nnnc2N1. The second-order valence-corrected chi connectivity index (χ2v) is 9.03. The first-order valence-corrected chi connectivity index (χ1v) is 12.1. The van der Waals surface area contributed by atoms with E-state index >= 15 is 0 Å². The van der Waals surface area contributed by atoms with Crippen molar-refractivity contribution in [1.29, 1.82) is 0 Å². The summed E-state index contributed by atoms with van der Waals surface area (Å²) in [5.41, 5.74) is 1.95. The van der Waals surface area contributed by atoms with Gasteiger partial charge in [-0.25, -0.2) is 4.79 Å². The predicted molar refractivity (Wildman–Crippen MR) is 125 cm³/mol. The van der Waals surface area contributed by atoms with Crippen LogP contribution >= 0.6 is 0 Å². The summed E-state index contributed by atoms with van der Waals surface area (Å²) in [4.78, 5) is 27.4. The zero-order valence-electron chi connectivity index (χ0n) is 19.8. The minimum absolute atomic E-state index is 0.0399. The lowest BCUT2D eigenvalue weighted by Crippen LogP contribution is -2.42. The average molecular weight is 483 g/mol. The Morgan fingerprint density at radius 1 is 1.11 bits per heavy atom. The largest absolute Gasteiger partial charge is 0.484 e. The van der Waals surface area contributed by atoms with Gasteiger partial charge in [-0.3, -0.25) is 4.79 Å². The van der Waals surface area contributed by atoms with Crippen molar-refractivity contribution in [3.05, 3.63) is 41.1 Å². The van der Waals surface area contributed by atoms with Crippen LogP contribution in [0.2, 0.25) is 0 Å². The smallest absolute Gasteiger partial charge is 0.338 e. The highest BCUT2D eigenvalue weighted by atomic mass is 16.5. The topological polar surface area (TPSA) is 121 Å². The molecule has 1 unspecified atom stereocenters. The summed E-state index contributed by atoms with van der Waals surface area (Å²) >= 11 is 0. The van der Waals surface area contributed by atoms with Crippen molar-refractivity contribution in [2.24, 2.45) is 0 Å². The van der Waals surface area contributed by atoms with E-state index in [9.17, 15) is 9.59 Å². The number of fused-ring (bicyclic) bond motifs is 1. The first-order valence-electron chi connectivity index (χ1n) is 12.1. The van der Waals surface area contributed by atoms with Gasteiger partial charge in [0.1, 0.15) is 17.9 Å². The molecule has 1 aliphatic carbocycles. The fraction of sp³-hybridized carbons (Fsp3) is 0.542. The quantitative estimate of drug-likeness (QED) is 0.617. The van der Waals surface area contributed by atoms with Gasteiger partial charge in [-0.2, -0.15) is 4.68 Å². The first kappa shape index (κ1) is 23.3. The molecule has 0 bridgehead atoms. The van der Waals surface area contributed by atoms with E-state index < -0.39 is 6.04 Å². The molecule has 2 aliphatic heterocycles. The molecule has 1 aromatic carbocycles. The van der Waals surface area contributed by atoms with E-state index in [2.05, 4.69) is 20.8 Å². The van der Waals surface area contributed by atoms with Crippen LogP contribution < -0.4 is 10.1 Å². The van der Waals surface area contributed by atoms with E-state index in [1.165, 1.54) is 6.42 Å². The van der Waals surface area contributed by atoms with Crippen molar-refractivity contribution in [3.63, 3.8) is 0 Å². The molecule has 11 nitrogen and oxygen atoms in total. The van der Waals surface area contributed by atoms with Crippen LogP contribution in [0.15, 0.2) is 35.5 Å². The minimum Gasteiger partial charge on any atom is -0.484 e. The molecule has 11 heteroatoms. The lowest BCUT2D eigenvalue weighted by Gasteiger charge is -2.29. The standard InChI is InChI=1S/C24H30N6O5/c1-16-21(23(32)35-19-5-3-2-4-6-19)22(30-24(25-16)26-27-28-30)17-7-9-18(10-8-17)34-15-20(31)29-11-13-33-14-12-29/h7-10,19,22H,2-6,11-15H2,1H3,(H,25,26,28). The summed E-state index contributed by atoms with van der Waals surface area (Å²) in [6.45, 7) is 4.05. The third kappa shape index (κ3) is 5.14. The fourth-order valence-electron chi connectivity index (χ4n) is 4.78. The summed E-state index contributed by atoms with van der Waals surface area (Å²) in [5.74, 6) is 0.594. The van der Waals surface area contributed by atoms with Gasteiger partial charge < -0.3 is 24.4 Å². The van der Waals surface area contributed by atoms with Crippen LogP contribution in [0.3, 0.4) is 0 Å². The number of carbonyl (C=O) groups excluding carboxylic acids is 2. The molecule has 1 amide bonds. The summed E-state index contributed by atoms with van der Waals surface area (Å²) in [5, 5.41) is 15.0. The van der Waals surface area contributed by atoms with E-state index in [-0.39, 0.29) is 24.6 Å². The third-order valence-corrected chi connectivity index (χ3v) is 6.68. The van der Waals surface area contributed by atoms with Gasteiger partial charge in [0.25, 0.3) is 5.91 Å². The van der Waals surface area contributed by atoms with Crippen molar-refractivity contribution in [2.75, 3.05) is 38.2 Å². The number of ether oxygens (including phenoxy) is 3.